The van der Waals surface area contributed by atoms with Crippen LogP contribution in [0.3, 0.4) is 0 Å². The minimum Gasteiger partial charge on any atom is -0.480 e. The molecule has 6 heteroatoms. The molecule has 1 rings (SSSR count). The molecule has 0 radical (unpaired) electrons. The van der Waals surface area contributed by atoms with Gasteiger partial charge in [-0.25, -0.2) is 9.78 Å². The number of halogens is 1. The lowest BCUT2D eigenvalue weighted by Gasteiger charge is -2.17. The van der Waals surface area contributed by atoms with Gasteiger partial charge in [-0.15, -0.1) is 0 Å². The predicted octanol–water partition coefficient (Wildman–Crippen LogP) is 1.57. The highest BCUT2D eigenvalue weighted by Gasteiger charge is 2.23. The molecule has 0 aliphatic heterocycles. The SMILES string of the molecule is CC(C)[C@H](NC(=O)c1ccnc(Cl)c1)C(=O)O. The number of rotatable bonds is 4. The third-order valence-electron chi connectivity index (χ3n) is 2.21. The molecule has 0 bridgehead atoms. The lowest BCUT2D eigenvalue weighted by molar-refractivity contribution is -0.140. The fraction of sp³-hybridized carbons (Fsp3) is 0.364. The summed E-state index contributed by atoms with van der Waals surface area (Å²) in [6, 6.07) is 1.94. The molecule has 0 spiro atoms. The monoisotopic (exact) mass is 256 g/mol. The molecule has 0 saturated carbocycles. The first-order chi connectivity index (χ1) is 7.91. The van der Waals surface area contributed by atoms with Crippen LogP contribution in [0.2, 0.25) is 5.15 Å². The normalized spacial score (nSPS) is 12.2. The third-order valence-corrected chi connectivity index (χ3v) is 2.41. The molecule has 1 atom stereocenters. The van der Waals surface area contributed by atoms with Gasteiger partial charge in [0.1, 0.15) is 11.2 Å². The van der Waals surface area contributed by atoms with E-state index in [4.69, 9.17) is 16.7 Å². The fourth-order valence-electron chi connectivity index (χ4n) is 1.28. The fourth-order valence-corrected chi connectivity index (χ4v) is 1.46. The Labute approximate surface area is 104 Å². The molecule has 1 amide bonds. The van der Waals surface area contributed by atoms with Gasteiger partial charge in [-0.3, -0.25) is 4.79 Å². The Morgan fingerprint density at radius 2 is 2.12 bits per heavy atom. The second-order valence-electron chi connectivity index (χ2n) is 3.90. The number of amides is 1. The number of aliphatic carboxylic acids is 1. The van der Waals surface area contributed by atoms with Gasteiger partial charge in [0.2, 0.25) is 0 Å². The summed E-state index contributed by atoms with van der Waals surface area (Å²) in [5.74, 6) is -1.74. The molecular formula is C11H13ClN2O3. The molecule has 17 heavy (non-hydrogen) atoms. The lowest BCUT2D eigenvalue weighted by Crippen LogP contribution is -2.44. The van der Waals surface area contributed by atoms with Gasteiger partial charge < -0.3 is 10.4 Å². The Balaban J connectivity index is 2.81. The first kappa shape index (κ1) is 13.4. The second kappa shape index (κ2) is 5.63. The smallest absolute Gasteiger partial charge is 0.326 e. The summed E-state index contributed by atoms with van der Waals surface area (Å²) >= 11 is 5.64. The predicted molar refractivity (Wildman–Crippen MR) is 63.0 cm³/mol. The summed E-state index contributed by atoms with van der Waals surface area (Å²) in [6.07, 6.45) is 1.39. The average molecular weight is 257 g/mol. The van der Waals surface area contributed by atoms with Crippen molar-refractivity contribution < 1.29 is 14.7 Å². The maximum absolute atomic E-state index is 11.8. The summed E-state index contributed by atoms with van der Waals surface area (Å²) in [6.45, 7) is 3.44. The van der Waals surface area contributed by atoms with E-state index in [1.165, 1.54) is 18.3 Å². The molecule has 5 nitrogen and oxygen atoms in total. The van der Waals surface area contributed by atoms with Crippen LogP contribution in [0.25, 0.3) is 0 Å². The van der Waals surface area contributed by atoms with Crippen LogP contribution in [0.15, 0.2) is 18.3 Å². The highest BCUT2D eigenvalue weighted by atomic mass is 35.5. The van der Waals surface area contributed by atoms with E-state index in [0.717, 1.165) is 0 Å². The Hall–Kier alpha value is -1.62. The summed E-state index contributed by atoms with van der Waals surface area (Å²) < 4.78 is 0. The summed E-state index contributed by atoms with van der Waals surface area (Å²) in [4.78, 5) is 26.4. The van der Waals surface area contributed by atoms with Crippen molar-refractivity contribution in [1.29, 1.82) is 0 Å². The van der Waals surface area contributed by atoms with Gasteiger partial charge in [-0.05, 0) is 18.1 Å². The average Bonchev–Trinajstić information content (AvgIpc) is 2.24. The number of hydrogen-bond donors (Lipinski definition) is 2. The van der Waals surface area contributed by atoms with Crippen molar-refractivity contribution in [1.82, 2.24) is 10.3 Å². The molecule has 2 N–H and O–H groups in total. The van der Waals surface area contributed by atoms with E-state index >= 15 is 0 Å². The molecule has 0 fully saturated rings. The van der Waals surface area contributed by atoms with E-state index < -0.39 is 17.9 Å². The van der Waals surface area contributed by atoms with E-state index in [1.54, 1.807) is 13.8 Å². The molecule has 0 saturated heterocycles. The van der Waals surface area contributed by atoms with Crippen LogP contribution >= 0.6 is 11.6 Å². The van der Waals surface area contributed by atoms with Gasteiger partial charge in [0.05, 0.1) is 0 Å². The number of hydrogen-bond acceptors (Lipinski definition) is 3. The van der Waals surface area contributed by atoms with Gasteiger partial charge in [0.15, 0.2) is 0 Å². The standard InChI is InChI=1S/C11H13ClN2O3/c1-6(2)9(11(16)17)14-10(15)7-3-4-13-8(12)5-7/h3-6,9H,1-2H3,(H,14,15)(H,16,17)/t9-/m0/s1. The maximum Gasteiger partial charge on any atom is 0.326 e. The van der Waals surface area contributed by atoms with Crippen molar-refractivity contribution >= 4 is 23.5 Å². The van der Waals surface area contributed by atoms with Gasteiger partial charge >= 0.3 is 5.97 Å². The van der Waals surface area contributed by atoms with Gasteiger partial charge in [-0.2, -0.15) is 0 Å². The topological polar surface area (TPSA) is 79.3 Å². The number of carboxylic acid groups (broad SMARTS) is 1. The van der Waals surface area contributed by atoms with E-state index in [2.05, 4.69) is 10.3 Å². The van der Waals surface area contributed by atoms with Crippen LogP contribution in [0.5, 0.6) is 0 Å². The number of carboxylic acids is 1. The molecule has 1 aromatic rings. The minimum absolute atomic E-state index is 0.189. The zero-order valence-electron chi connectivity index (χ0n) is 9.48. The Kier molecular flexibility index (Phi) is 4.45. The van der Waals surface area contributed by atoms with Crippen LogP contribution in [0, 0.1) is 5.92 Å². The zero-order valence-corrected chi connectivity index (χ0v) is 10.2. The van der Waals surface area contributed by atoms with Crippen molar-refractivity contribution in [2.45, 2.75) is 19.9 Å². The number of pyridine rings is 1. The van der Waals surface area contributed by atoms with E-state index in [-0.39, 0.29) is 16.6 Å². The summed E-state index contributed by atoms with van der Waals surface area (Å²) in [5.41, 5.74) is 0.289. The Morgan fingerprint density at radius 3 is 2.59 bits per heavy atom. The van der Waals surface area contributed by atoms with Crippen LogP contribution < -0.4 is 5.32 Å². The molecule has 1 aromatic heterocycles. The summed E-state index contributed by atoms with van der Waals surface area (Å²) in [7, 11) is 0. The number of carbonyl (C=O) groups excluding carboxylic acids is 1. The van der Waals surface area contributed by atoms with E-state index in [1.807, 2.05) is 0 Å². The molecule has 1 heterocycles. The highest BCUT2D eigenvalue weighted by Crippen LogP contribution is 2.08. The Bertz CT molecular complexity index is 434. The van der Waals surface area contributed by atoms with E-state index in [0.29, 0.717) is 0 Å². The number of nitrogens with one attached hydrogen (secondary N) is 1. The molecule has 0 unspecified atom stereocenters. The van der Waals surface area contributed by atoms with Crippen molar-refractivity contribution in [3.63, 3.8) is 0 Å². The van der Waals surface area contributed by atoms with Crippen LogP contribution in [-0.4, -0.2) is 28.0 Å². The largest absolute Gasteiger partial charge is 0.480 e. The molecule has 92 valence electrons. The quantitative estimate of drug-likeness (QED) is 0.802. The minimum atomic E-state index is -1.06. The maximum atomic E-state index is 11.8. The van der Waals surface area contributed by atoms with E-state index in [9.17, 15) is 9.59 Å². The first-order valence-corrected chi connectivity index (χ1v) is 5.45. The molecule has 0 aliphatic rings. The van der Waals surface area contributed by atoms with Gasteiger partial charge in [-0.1, -0.05) is 25.4 Å². The van der Waals surface area contributed by atoms with Crippen LogP contribution in [-0.2, 0) is 4.79 Å². The highest BCUT2D eigenvalue weighted by molar-refractivity contribution is 6.29. The number of nitrogens with zero attached hydrogens (tertiary/aromatic N) is 1. The number of aromatic nitrogens is 1. The second-order valence-corrected chi connectivity index (χ2v) is 4.29. The molecular weight excluding hydrogens is 244 g/mol. The first-order valence-electron chi connectivity index (χ1n) is 5.07. The number of carbonyl (C=O) groups is 2. The van der Waals surface area contributed by atoms with Crippen LogP contribution in [0.1, 0.15) is 24.2 Å². The lowest BCUT2D eigenvalue weighted by atomic mass is 10.0. The Morgan fingerprint density at radius 1 is 1.47 bits per heavy atom. The molecule has 0 aromatic carbocycles. The third kappa shape index (κ3) is 3.71. The molecule has 0 aliphatic carbocycles. The van der Waals surface area contributed by atoms with Crippen molar-refractivity contribution in [2.75, 3.05) is 0 Å². The van der Waals surface area contributed by atoms with Crippen molar-refractivity contribution in [3.05, 3.63) is 29.0 Å². The van der Waals surface area contributed by atoms with Gasteiger partial charge in [0.25, 0.3) is 5.91 Å². The summed E-state index contributed by atoms with van der Waals surface area (Å²) in [5, 5.41) is 11.6. The van der Waals surface area contributed by atoms with Gasteiger partial charge in [0, 0.05) is 11.8 Å². The zero-order chi connectivity index (χ0) is 13.0. The van der Waals surface area contributed by atoms with Crippen molar-refractivity contribution in [2.24, 2.45) is 5.92 Å². The van der Waals surface area contributed by atoms with Crippen molar-refractivity contribution in [3.8, 4) is 0 Å². The van der Waals surface area contributed by atoms with Crippen LogP contribution in [0.4, 0.5) is 0 Å².